The second-order valence-corrected chi connectivity index (χ2v) is 4.56. The van der Waals surface area contributed by atoms with Crippen molar-refractivity contribution in [3.05, 3.63) is 29.8 Å². The standard InChI is InChI=1S/C12H14O6S/c1-3-16-12(13)11-10(17-19(14)18-11)8-4-6-9(15-2)7-5-8/h4-7,10-11H,3H2,1-2H3/t10-,11-,19?/m1/s1. The first-order valence-corrected chi connectivity index (χ1v) is 6.72. The number of esters is 1. The second kappa shape index (κ2) is 6.14. The van der Waals surface area contributed by atoms with Crippen LogP contribution in [-0.4, -0.2) is 30.0 Å². The van der Waals surface area contributed by atoms with Crippen LogP contribution in [0.3, 0.4) is 0 Å². The van der Waals surface area contributed by atoms with Crippen LogP contribution in [0.15, 0.2) is 24.3 Å². The van der Waals surface area contributed by atoms with E-state index in [0.717, 1.165) is 0 Å². The first-order valence-electron chi connectivity index (χ1n) is 5.72. The molecule has 0 aromatic heterocycles. The van der Waals surface area contributed by atoms with Gasteiger partial charge in [-0.3, -0.25) is 4.18 Å². The number of hydrogen-bond donors (Lipinski definition) is 0. The Hall–Kier alpha value is -1.44. The fraction of sp³-hybridized carbons (Fsp3) is 0.417. The van der Waals surface area contributed by atoms with E-state index in [1.807, 2.05) is 0 Å². The third-order valence-corrected chi connectivity index (χ3v) is 3.33. The van der Waals surface area contributed by atoms with Gasteiger partial charge in [0.2, 0.25) is 6.10 Å². The van der Waals surface area contributed by atoms with Gasteiger partial charge in [0.1, 0.15) is 11.9 Å². The van der Waals surface area contributed by atoms with E-state index >= 15 is 0 Å². The molecule has 1 aromatic carbocycles. The highest BCUT2D eigenvalue weighted by atomic mass is 32.2. The Morgan fingerprint density at radius 3 is 2.58 bits per heavy atom. The van der Waals surface area contributed by atoms with E-state index in [9.17, 15) is 9.00 Å². The van der Waals surface area contributed by atoms with Crippen LogP contribution in [-0.2, 0) is 29.3 Å². The largest absolute Gasteiger partial charge is 0.497 e. The van der Waals surface area contributed by atoms with Crippen LogP contribution in [0.5, 0.6) is 5.75 Å². The molecule has 0 N–H and O–H groups in total. The molecule has 104 valence electrons. The van der Waals surface area contributed by atoms with Crippen LogP contribution in [0.2, 0.25) is 0 Å². The van der Waals surface area contributed by atoms with Gasteiger partial charge < -0.3 is 9.47 Å². The van der Waals surface area contributed by atoms with Crippen molar-refractivity contribution in [3.8, 4) is 5.75 Å². The lowest BCUT2D eigenvalue weighted by atomic mass is 10.0. The normalized spacial score (nSPS) is 26.1. The first-order chi connectivity index (χ1) is 9.15. The molecule has 1 heterocycles. The van der Waals surface area contributed by atoms with Crippen molar-refractivity contribution < 1.29 is 26.8 Å². The Kier molecular flexibility index (Phi) is 4.52. The zero-order valence-electron chi connectivity index (χ0n) is 10.5. The van der Waals surface area contributed by atoms with Gasteiger partial charge in [0.15, 0.2) is 0 Å². The van der Waals surface area contributed by atoms with Gasteiger partial charge in [-0.25, -0.2) is 8.98 Å². The molecule has 1 unspecified atom stereocenters. The lowest BCUT2D eigenvalue weighted by Gasteiger charge is -2.14. The maximum absolute atomic E-state index is 11.7. The lowest BCUT2D eigenvalue weighted by Crippen LogP contribution is -2.28. The summed E-state index contributed by atoms with van der Waals surface area (Å²) in [5.41, 5.74) is 0.671. The molecule has 1 aliphatic heterocycles. The van der Waals surface area contributed by atoms with Crippen molar-refractivity contribution in [3.63, 3.8) is 0 Å². The molecular weight excluding hydrogens is 272 g/mol. The van der Waals surface area contributed by atoms with Gasteiger partial charge in [-0.1, -0.05) is 12.1 Å². The van der Waals surface area contributed by atoms with Gasteiger partial charge in [0, 0.05) is 0 Å². The summed E-state index contributed by atoms with van der Waals surface area (Å²) < 4.78 is 31.3. The zero-order chi connectivity index (χ0) is 13.8. The number of rotatable bonds is 4. The van der Waals surface area contributed by atoms with Crippen molar-refractivity contribution >= 4 is 17.3 Å². The molecule has 0 aliphatic carbocycles. The van der Waals surface area contributed by atoms with E-state index in [0.29, 0.717) is 11.3 Å². The van der Waals surface area contributed by atoms with Crippen LogP contribution in [0, 0.1) is 0 Å². The summed E-state index contributed by atoms with van der Waals surface area (Å²) in [7, 11) is 1.56. The van der Waals surface area contributed by atoms with Gasteiger partial charge in [0.25, 0.3) is 0 Å². The zero-order valence-corrected chi connectivity index (χ0v) is 11.3. The maximum atomic E-state index is 11.7. The fourth-order valence-electron chi connectivity index (χ4n) is 1.70. The summed E-state index contributed by atoms with van der Waals surface area (Å²) in [5, 5.41) is 0. The van der Waals surface area contributed by atoms with E-state index in [1.165, 1.54) is 0 Å². The molecule has 0 amide bonds. The quantitative estimate of drug-likeness (QED) is 0.777. The molecule has 1 aromatic rings. The third kappa shape index (κ3) is 3.12. The van der Waals surface area contributed by atoms with E-state index in [2.05, 4.69) is 0 Å². The molecule has 6 nitrogen and oxygen atoms in total. The topological polar surface area (TPSA) is 71.1 Å². The molecule has 1 saturated heterocycles. The van der Waals surface area contributed by atoms with Crippen molar-refractivity contribution in [2.24, 2.45) is 0 Å². The van der Waals surface area contributed by atoms with Crippen LogP contribution >= 0.6 is 0 Å². The lowest BCUT2D eigenvalue weighted by molar-refractivity contribution is -0.152. The Morgan fingerprint density at radius 1 is 1.32 bits per heavy atom. The minimum Gasteiger partial charge on any atom is -0.497 e. The number of benzene rings is 1. The maximum Gasteiger partial charge on any atom is 0.339 e. The molecule has 1 fully saturated rings. The summed E-state index contributed by atoms with van der Waals surface area (Å²) in [6.45, 7) is 1.91. The Balaban J connectivity index is 2.19. The van der Waals surface area contributed by atoms with Crippen molar-refractivity contribution in [1.82, 2.24) is 0 Å². The highest BCUT2D eigenvalue weighted by molar-refractivity contribution is 7.75. The predicted octanol–water partition coefficient (Wildman–Crippen LogP) is 1.29. The van der Waals surface area contributed by atoms with Crippen LogP contribution in [0.25, 0.3) is 0 Å². The highest BCUT2D eigenvalue weighted by Crippen LogP contribution is 2.33. The highest BCUT2D eigenvalue weighted by Gasteiger charge is 2.42. The van der Waals surface area contributed by atoms with Crippen LogP contribution < -0.4 is 4.74 Å². The summed E-state index contributed by atoms with van der Waals surface area (Å²) in [4.78, 5) is 11.7. The smallest absolute Gasteiger partial charge is 0.339 e. The third-order valence-electron chi connectivity index (χ3n) is 2.60. The number of carbonyl (C=O) groups excluding carboxylic acids is 1. The molecule has 0 spiro atoms. The molecule has 1 aliphatic rings. The molecule has 3 atom stereocenters. The second-order valence-electron chi connectivity index (χ2n) is 3.76. The molecule has 2 rings (SSSR count). The van der Waals surface area contributed by atoms with Crippen molar-refractivity contribution in [2.75, 3.05) is 13.7 Å². The average Bonchev–Trinajstić information content (AvgIpc) is 2.81. The van der Waals surface area contributed by atoms with Gasteiger partial charge in [0.05, 0.1) is 13.7 Å². The van der Waals surface area contributed by atoms with E-state index in [-0.39, 0.29) is 6.61 Å². The van der Waals surface area contributed by atoms with Gasteiger partial charge in [-0.05, 0) is 24.6 Å². The minimum atomic E-state index is -1.95. The van der Waals surface area contributed by atoms with Gasteiger partial charge in [-0.15, -0.1) is 0 Å². The summed E-state index contributed by atoms with van der Waals surface area (Å²) in [6, 6.07) is 6.90. The Bertz CT molecular complexity index is 472. The molecular formula is C12H14O6S. The number of ether oxygens (including phenoxy) is 2. The molecule has 7 heteroatoms. The molecule has 0 saturated carbocycles. The summed E-state index contributed by atoms with van der Waals surface area (Å²) in [5.74, 6) is 0.0886. The first kappa shape index (κ1) is 14.0. The van der Waals surface area contributed by atoms with Crippen LogP contribution in [0.4, 0.5) is 0 Å². The van der Waals surface area contributed by atoms with Gasteiger partial charge >= 0.3 is 17.3 Å². The Morgan fingerprint density at radius 2 is 2.00 bits per heavy atom. The SMILES string of the molecule is CCOC(=O)[C@@H]1OS(=O)O[C@@H]1c1ccc(OC)cc1. The average molecular weight is 286 g/mol. The van der Waals surface area contributed by atoms with Gasteiger partial charge in [-0.2, -0.15) is 4.21 Å². The van der Waals surface area contributed by atoms with E-state index in [1.54, 1.807) is 38.3 Å². The predicted molar refractivity (Wildman–Crippen MR) is 66.5 cm³/mol. The number of methoxy groups -OCH3 is 1. The van der Waals surface area contributed by atoms with E-state index < -0.39 is 29.5 Å². The minimum absolute atomic E-state index is 0.223. The van der Waals surface area contributed by atoms with Crippen molar-refractivity contribution in [2.45, 2.75) is 19.1 Å². The molecule has 19 heavy (non-hydrogen) atoms. The molecule has 0 radical (unpaired) electrons. The summed E-state index contributed by atoms with van der Waals surface area (Å²) >= 11 is -1.95. The monoisotopic (exact) mass is 286 g/mol. The Labute approximate surface area is 113 Å². The molecule has 0 bridgehead atoms. The van der Waals surface area contributed by atoms with E-state index in [4.69, 9.17) is 17.8 Å². The fourth-order valence-corrected chi connectivity index (χ4v) is 2.48. The number of hydrogen-bond acceptors (Lipinski definition) is 6. The van der Waals surface area contributed by atoms with Crippen LogP contribution in [0.1, 0.15) is 18.6 Å². The number of carbonyl (C=O) groups is 1. The summed E-state index contributed by atoms with van der Waals surface area (Å²) in [6.07, 6.45) is -1.76. The van der Waals surface area contributed by atoms with Crippen molar-refractivity contribution in [1.29, 1.82) is 0 Å².